The number of nitriles is 1. The van der Waals surface area contributed by atoms with Gasteiger partial charge < -0.3 is 4.74 Å². The smallest absolute Gasteiger partial charge is 0.137 e. The summed E-state index contributed by atoms with van der Waals surface area (Å²) in [5.74, 6) is 0.710. The van der Waals surface area contributed by atoms with Gasteiger partial charge in [0.05, 0.1) is 12.2 Å². The van der Waals surface area contributed by atoms with Gasteiger partial charge in [-0.15, -0.1) is 11.3 Å². The maximum absolute atomic E-state index is 9.21. The first-order chi connectivity index (χ1) is 10.8. The molecular weight excluding hydrogens is 290 g/mol. The minimum atomic E-state index is 0.617. The SMILES string of the molecule is CCCCCCCCOc1cc(-c2cccs2)ccc1C#N. The molecule has 0 amide bonds. The minimum Gasteiger partial charge on any atom is -0.492 e. The highest BCUT2D eigenvalue weighted by Gasteiger charge is 2.07. The molecule has 0 atom stereocenters. The molecule has 0 fully saturated rings. The lowest BCUT2D eigenvalue weighted by Crippen LogP contribution is -1.99. The van der Waals surface area contributed by atoms with Crippen molar-refractivity contribution in [3.8, 4) is 22.3 Å². The maximum atomic E-state index is 9.21. The minimum absolute atomic E-state index is 0.617. The van der Waals surface area contributed by atoms with Gasteiger partial charge in [0.15, 0.2) is 0 Å². The van der Waals surface area contributed by atoms with E-state index in [1.54, 1.807) is 11.3 Å². The zero-order valence-electron chi connectivity index (χ0n) is 13.2. The summed E-state index contributed by atoms with van der Waals surface area (Å²) < 4.78 is 5.86. The molecule has 0 unspecified atom stereocenters. The molecule has 22 heavy (non-hydrogen) atoms. The number of hydrogen-bond acceptors (Lipinski definition) is 3. The van der Waals surface area contributed by atoms with Crippen molar-refractivity contribution < 1.29 is 4.74 Å². The Balaban J connectivity index is 1.89. The first kappa shape index (κ1) is 16.6. The molecule has 0 bridgehead atoms. The Kier molecular flexibility index (Phi) is 6.99. The third-order valence-electron chi connectivity index (χ3n) is 3.66. The average molecular weight is 313 g/mol. The van der Waals surface area contributed by atoms with Gasteiger partial charge in [-0.25, -0.2) is 0 Å². The van der Waals surface area contributed by atoms with E-state index in [1.807, 2.05) is 24.3 Å². The van der Waals surface area contributed by atoms with Crippen LogP contribution in [0.15, 0.2) is 35.7 Å². The van der Waals surface area contributed by atoms with Crippen LogP contribution in [-0.4, -0.2) is 6.61 Å². The predicted octanol–water partition coefficient (Wildman–Crippen LogP) is 6.03. The Morgan fingerprint density at radius 3 is 2.64 bits per heavy atom. The molecule has 1 heterocycles. The molecule has 0 radical (unpaired) electrons. The summed E-state index contributed by atoms with van der Waals surface area (Å²) in [6, 6.07) is 12.2. The van der Waals surface area contributed by atoms with E-state index in [1.165, 1.54) is 37.0 Å². The highest BCUT2D eigenvalue weighted by Crippen LogP contribution is 2.30. The summed E-state index contributed by atoms with van der Waals surface area (Å²) >= 11 is 1.70. The number of ether oxygens (including phenoxy) is 1. The normalized spacial score (nSPS) is 10.4. The van der Waals surface area contributed by atoms with E-state index < -0.39 is 0 Å². The Bertz CT molecular complexity index is 598. The summed E-state index contributed by atoms with van der Waals surface area (Å²) in [5, 5.41) is 11.3. The monoisotopic (exact) mass is 313 g/mol. The van der Waals surface area contributed by atoms with Gasteiger partial charge in [-0.05, 0) is 35.6 Å². The van der Waals surface area contributed by atoms with Gasteiger partial charge in [-0.3, -0.25) is 0 Å². The van der Waals surface area contributed by atoms with Crippen LogP contribution in [0.25, 0.3) is 10.4 Å². The molecule has 116 valence electrons. The fraction of sp³-hybridized carbons (Fsp3) is 0.421. The van der Waals surface area contributed by atoms with Gasteiger partial charge in [-0.2, -0.15) is 5.26 Å². The number of rotatable bonds is 9. The lowest BCUT2D eigenvalue weighted by Gasteiger charge is -2.09. The maximum Gasteiger partial charge on any atom is 0.137 e. The number of hydrogen-bond donors (Lipinski definition) is 0. The molecular formula is C19H23NOS. The summed E-state index contributed by atoms with van der Waals surface area (Å²) in [6.07, 6.45) is 7.44. The van der Waals surface area contributed by atoms with Gasteiger partial charge in [0.25, 0.3) is 0 Å². The topological polar surface area (TPSA) is 33.0 Å². The van der Waals surface area contributed by atoms with E-state index in [4.69, 9.17) is 4.74 Å². The molecule has 1 aromatic carbocycles. The number of thiophene rings is 1. The van der Waals surface area contributed by atoms with Crippen molar-refractivity contribution in [1.82, 2.24) is 0 Å². The molecule has 2 aromatic rings. The highest BCUT2D eigenvalue weighted by atomic mass is 32.1. The molecule has 1 aromatic heterocycles. The fourth-order valence-electron chi connectivity index (χ4n) is 2.39. The van der Waals surface area contributed by atoms with Crippen LogP contribution in [0.1, 0.15) is 51.0 Å². The highest BCUT2D eigenvalue weighted by molar-refractivity contribution is 7.13. The Hall–Kier alpha value is -1.79. The van der Waals surface area contributed by atoms with Crippen molar-refractivity contribution in [2.45, 2.75) is 45.4 Å². The Morgan fingerprint density at radius 1 is 1.09 bits per heavy atom. The van der Waals surface area contributed by atoms with Crippen LogP contribution < -0.4 is 4.74 Å². The molecule has 0 N–H and O–H groups in total. The van der Waals surface area contributed by atoms with E-state index in [2.05, 4.69) is 24.4 Å². The Morgan fingerprint density at radius 2 is 1.91 bits per heavy atom. The molecule has 0 saturated heterocycles. The van der Waals surface area contributed by atoms with Crippen molar-refractivity contribution in [2.75, 3.05) is 6.61 Å². The molecule has 0 aliphatic carbocycles. The van der Waals surface area contributed by atoms with Crippen LogP contribution in [0.5, 0.6) is 5.75 Å². The van der Waals surface area contributed by atoms with Crippen molar-refractivity contribution in [2.24, 2.45) is 0 Å². The molecule has 0 aliphatic heterocycles. The van der Waals surface area contributed by atoms with E-state index in [-0.39, 0.29) is 0 Å². The fourth-order valence-corrected chi connectivity index (χ4v) is 3.12. The van der Waals surface area contributed by atoms with Gasteiger partial charge in [-0.1, -0.05) is 51.2 Å². The second kappa shape index (κ2) is 9.27. The zero-order chi connectivity index (χ0) is 15.6. The van der Waals surface area contributed by atoms with Crippen LogP contribution in [0.4, 0.5) is 0 Å². The van der Waals surface area contributed by atoms with Gasteiger partial charge >= 0.3 is 0 Å². The van der Waals surface area contributed by atoms with E-state index in [0.717, 1.165) is 12.0 Å². The molecule has 2 nitrogen and oxygen atoms in total. The summed E-state index contributed by atoms with van der Waals surface area (Å²) in [5.41, 5.74) is 1.73. The second-order valence-corrected chi connectivity index (χ2v) is 6.36. The summed E-state index contributed by atoms with van der Waals surface area (Å²) in [7, 11) is 0. The van der Waals surface area contributed by atoms with Gasteiger partial charge in [0.1, 0.15) is 11.8 Å². The summed E-state index contributed by atoms with van der Waals surface area (Å²) in [4.78, 5) is 1.20. The van der Waals surface area contributed by atoms with Gasteiger partial charge in [0.2, 0.25) is 0 Å². The van der Waals surface area contributed by atoms with Crippen molar-refractivity contribution in [3.63, 3.8) is 0 Å². The molecule has 0 spiro atoms. The van der Waals surface area contributed by atoms with E-state index in [9.17, 15) is 5.26 Å². The van der Waals surface area contributed by atoms with Crippen LogP contribution >= 0.6 is 11.3 Å². The molecule has 0 saturated carbocycles. The first-order valence-electron chi connectivity index (χ1n) is 8.06. The third kappa shape index (κ3) is 4.89. The van der Waals surface area contributed by atoms with E-state index >= 15 is 0 Å². The summed E-state index contributed by atoms with van der Waals surface area (Å²) in [6.45, 7) is 2.92. The largest absolute Gasteiger partial charge is 0.492 e. The standard InChI is InChI=1S/C19H23NOS/c1-2-3-4-5-6-7-12-21-18-14-16(10-11-17(18)15-20)19-9-8-13-22-19/h8-11,13-14H,2-7,12H2,1H3. The zero-order valence-corrected chi connectivity index (χ0v) is 14.0. The Labute approximate surface area is 137 Å². The molecule has 2 rings (SSSR count). The van der Waals surface area contributed by atoms with Crippen LogP contribution in [0.2, 0.25) is 0 Å². The third-order valence-corrected chi connectivity index (χ3v) is 4.58. The lowest BCUT2D eigenvalue weighted by atomic mass is 10.1. The second-order valence-electron chi connectivity index (χ2n) is 5.42. The average Bonchev–Trinajstić information content (AvgIpc) is 3.08. The molecule has 3 heteroatoms. The van der Waals surface area contributed by atoms with Gasteiger partial charge in [0, 0.05) is 4.88 Å². The van der Waals surface area contributed by atoms with Crippen molar-refractivity contribution in [3.05, 3.63) is 41.3 Å². The first-order valence-corrected chi connectivity index (χ1v) is 8.94. The van der Waals surface area contributed by atoms with Crippen LogP contribution in [-0.2, 0) is 0 Å². The van der Waals surface area contributed by atoms with Crippen LogP contribution in [0, 0.1) is 11.3 Å². The number of nitrogens with zero attached hydrogens (tertiary/aromatic N) is 1. The van der Waals surface area contributed by atoms with Crippen molar-refractivity contribution in [1.29, 1.82) is 5.26 Å². The predicted molar refractivity (Wildman–Crippen MR) is 93.3 cm³/mol. The lowest BCUT2D eigenvalue weighted by molar-refractivity contribution is 0.303. The van der Waals surface area contributed by atoms with E-state index in [0.29, 0.717) is 17.9 Å². The quantitative estimate of drug-likeness (QED) is 0.530. The molecule has 0 aliphatic rings. The van der Waals surface area contributed by atoms with Crippen LogP contribution in [0.3, 0.4) is 0 Å². The number of benzene rings is 1. The van der Waals surface area contributed by atoms with Crippen molar-refractivity contribution >= 4 is 11.3 Å². The number of unbranched alkanes of at least 4 members (excludes halogenated alkanes) is 5.